The summed E-state index contributed by atoms with van der Waals surface area (Å²) in [6.07, 6.45) is 7.01. The van der Waals surface area contributed by atoms with E-state index in [1.54, 1.807) is 13.2 Å². The number of nitrogens with one attached hydrogen (secondary N) is 3. The fraction of sp³-hybridized carbons (Fsp3) is 0.591. The lowest BCUT2D eigenvalue weighted by molar-refractivity contribution is 0.263. The van der Waals surface area contributed by atoms with Gasteiger partial charge in [-0.3, -0.25) is 5.43 Å². The maximum atomic E-state index is 6.29. The van der Waals surface area contributed by atoms with E-state index in [9.17, 15) is 0 Å². The second-order valence-electron chi connectivity index (χ2n) is 8.52. The molecule has 2 fully saturated rings. The zero-order chi connectivity index (χ0) is 22.3. The molecule has 0 aliphatic carbocycles. The van der Waals surface area contributed by atoms with Crippen LogP contribution in [0.5, 0.6) is 5.75 Å². The molecule has 4 rings (SSSR count). The van der Waals surface area contributed by atoms with E-state index in [0.717, 1.165) is 44.7 Å². The standard InChI is InChI=1S/C22H33ClN8O/c1-30-13-9-16(10-14-30)24-20-26-21(25-17-7-8-19(32-2)18(23)15-17)28-22(27-20)29-31-11-5-3-4-6-12-31/h7-8,15-16H,3-6,9-14H2,1-2H3,(H3,24,25,26,27,28,29). The summed E-state index contributed by atoms with van der Waals surface area (Å²) in [6.45, 7) is 4.11. The molecular formula is C22H33ClN8O. The maximum Gasteiger partial charge on any atom is 0.244 e. The van der Waals surface area contributed by atoms with Gasteiger partial charge in [-0.2, -0.15) is 15.0 Å². The molecule has 0 amide bonds. The molecular weight excluding hydrogens is 428 g/mol. The van der Waals surface area contributed by atoms with Crippen LogP contribution in [0.15, 0.2) is 18.2 Å². The van der Waals surface area contributed by atoms with Crippen LogP contribution in [0.3, 0.4) is 0 Å². The van der Waals surface area contributed by atoms with E-state index in [2.05, 4.69) is 48.0 Å². The van der Waals surface area contributed by atoms with Crippen LogP contribution in [-0.4, -0.2) is 71.2 Å². The van der Waals surface area contributed by atoms with Crippen LogP contribution in [0, 0.1) is 0 Å². The third kappa shape index (κ3) is 6.34. The van der Waals surface area contributed by atoms with Gasteiger partial charge in [-0.25, -0.2) is 5.01 Å². The molecule has 10 heteroatoms. The first-order valence-electron chi connectivity index (χ1n) is 11.4. The van der Waals surface area contributed by atoms with E-state index < -0.39 is 0 Å². The van der Waals surface area contributed by atoms with Gasteiger partial charge in [0.2, 0.25) is 17.8 Å². The number of aromatic nitrogens is 3. The van der Waals surface area contributed by atoms with Crippen LogP contribution in [0.2, 0.25) is 5.02 Å². The van der Waals surface area contributed by atoms with Crippen molar-refractivity contribution in [1.82, 2.24) is 24.9 Å². The fourth-order valence-electron chi connectivity index (χ4n) is 4.08. The van der Waals surface area contributed by atoms with Gasteiger partial charge in [0.15, 0.2) is 0 Å². The van der Waals surface area contributed by atoms with Crippen molar-refractivity contribution in [1.29, 1.82) is 0 Å². The minimum Gasteiger partial charge on any atom is -0.495 e. The summed E-state index contributed by atoms with van der Waals surface area (Å²) in [7, 11) is 3.76. The third-order valence-electron chi connectivity index (χ3n) is 5.96. The molecule has 174 valence electrons. The Bertz CT molecular complexity index is 882. The van der Waals surface area contributed by atoms with Crippen LogP contribution in [0.4, 0.5) is 23.5 Å². The van der Waals surface area contributed by atoms with Gasteiger partial charge < -0.3 is 20.3 Å². The largest absolute Gasteiger partial charge is 0.495 e. The summed E-state index contributed by atoms with van der Waals surface area (Å²) >= 11 is 6.29. The number of likely N-dealkylation sites (tertiary alicyclic amines) is 1. The summed E-state index contributed by atoms with van der Waals surface area (Å²) in [5.74, 6) is 2.21. The normalized spacial score (nSPS) is 18.7. The van der Waals surface area contributed by atoms with E-state index >= 15 is 0 Å². The highest BCUT2D eigenvalue weighted by Crippen LogP contribution is 2.28. The number of methoxy groups -OCH3 is 1. The van der Waals surface area contributed by atoms with E-state index in [1.807, 2.05) is 12.1 Å². The molecule has 0 unspecified atom stereocenters. The summed E-state index contributed by atoms with van der Waals surface area (Å²) in [5, 5.41) is 9.51. The molecule has 0 spiro atoms. The average molecular weight is 461 g/mol. The molecule has 2 aliphatic rings. The molecule has 1 aromatic carbocycles. The van der Waals surface area contributed by atoms with Gasteiger partial charge in [0.05, 0.1) is 12.1 Å². The number of halogens is 1. The Kier molecular flexibility index (Phi) is 7.83. The minimum absolute atomic E-state index is 0.350. The molecule has 0 atom stereocenters. The summed E-state index contributed by atoms with van der Waals surface area (Å²) < 4.78 is 5.25. The van der Waals surface area contributed by atoms with Crippen LogP contribution in [0.1, 0.15) is 38.5 Å². The number of ether oxygens (including phenoxy) is 1. The number of benzene rings is 1. The number of piperidine rings is 1. The molecule has 1 aromatic heterocycles. The molecule has 0 radical (unpaired) electrons. The lowest BCUT2D eigenvalue weighted by Crippen LogP contribution is -2.37. The van der Waals surface area contributed by atoms with Gasteiger partial charge in [-0.1, -0.05) is 24.4 Å². The van der Waals surface area contributed by atoms with Gasteiger partial charge >= 0.3 is 0 Å². The first kappa shape index (κ1) is 22.8. The SMILES string of the molecule is COc1ccc(Nc2nc(NC3CCN(C)CC3)nc(NN3CCCCCC3)n2)cc1Cl. The van der Waals surface area contributed by atoms with E-state index in [-0.39, 0.29) is 0 Å². The Labute approximate surface area is 194 Å². The fourth-order valence-corrected chi connectivity index (χ4v) is 4.34. The summed E-state index contributed by atoms with van der Waals surface area (Å²) in [5.41, 5.74) is 4.18. The molecule has 0 bridgehead atoms. The minimum atomic E-state index is 0.350. The smallest absolute Gasteiger partial charge is 0.244 e. The number of hydrogen-bond acceptors (Lipinski definition) is 9. The van der Waals surface area contributed by atoms with Gasteiger partial charge in [-0.15, -0.1) is 0 Å². The monoisotopic (exact) mass is 460 g/mol. The quantitative estimate of drug-likeness (QED) is 0.567. The highest BCUT2D eigenvalue weighted by Gasteiger charge is 2.19. The summed E-state index contributed by atoms with van der Waals surface area (Å²) in [6, 6.07) is 5.86. The molecule has 2 aromatic rings. The molecule has 9 nitrogen and oxygen atoms in total. The molecule has 3 heterocycles. The third-order valence-corrected chi connectivity index (χ3v) is 6.25. The van der Waals surface area contributed by atoms with Crippen LogP contribution >= 0.6 is 11.6 Å². The number of nitrogens with zero attached hydrogens (tertiary/aromatic N) is 5. The summed E-state index contributed by atoms with van der Waals surface area (Å²) in [4.78, 5) is 16.3. The van der Waals surface area contributed by atoms with Gasteiger partial charge in [-0.05, 0) is 64.0 Å². The molecule has 0 saturated carbocycles. The van der Waals surface area contributed by atoms with Crippen LogP contribution < -0.4 is 20.8 Å². The molecule has 2 aliphatic heterocycles. The second kappa shape index (κ2) is 11.0. The Hall–Kier alpha value is -2.36. The van der Waals surface area contributed by atoms with Gasteiger partial charge in [0, 0.05) is 24.8 Å². The zero-order valence-corrected chi connectivity index (χ0v) is 19.7. The Morgan fingerprint density at radius 1 is 0.938 bits per heavy atom. The predicted molar refractivity (Wildman–Crippen MR) is 129 cm³/mol. The van der Waals surface area contributed by atoms with E-state index in [4.69, 9.17) is 16.3 Å². The van der Waals surface area contributed by atoms with Crippen molar-refractivity contribution in [2.75, 3.05) is 56.4 Å². The first-order chi connectivity index (χ1) is 15.6. The predicted octanol–water partition coefficient (Wildman–Crippen LogP) is 3.99. The molecule has 32 heavy (non-hydrogen) atoms. The topological polar surface area (TPSA) is 90.5 Å². The Morgan fingerprint density at radius 2 is 1.62 bits per heavy atom. The van der Waals surface area contributed by atoms with Crippen LogP contribution in [0.25, 0.3) is 0 Å². The maximum absolute atomic E-state index is 6.29. The molecule has 3 N–H and O–H groups in total. The van der Waals surface area contributed by atoms with Crippen molar-refractivity contribution in [3.05, 3.63) is 23.2 Å². The number of hydrogen-bond donors (Lipinski definition) is 3. The lowest BCUT2D eigenvalue weighted by atomic mass is 10.1. The Balaban J connectivity index is 1.53. The number of anilines is 4. The van der Waals surface area contributed by atoms with Gasteiger partial charge in [0.25, 0.3) is 0 Å². The van der Waals surface area contributed by atoms with Crippen molar-refractivity contribution in [3.8, 4) is 5.75 Å². The lowest BCUT2D eigenvalue weighted by Gasteiger charge is -2.29. The van der Waals surface area contributed by atoms with E-state index in [1.165, 1.54) is 25.7 Å². The van der Waals surface area contributed by atoms with Crippen molar-refractivity contribution in [3.63, 3.8) is 0 Å². The van der Waals surface area contributed by atoms with Crippen molar-refractivity contribution in [2.24, 2.45) is 0 Å². The van der Waals surface area contributed by atoms with E-state index in [0.29, 0.717) is 34.7 Å². The van der Waals surface area contributed by atoms with Crippen molar-refractivity contribution < 1.29 is 4.74 Å². The number of rotatable bonds is 7. The zero-order valence-electron chi connectivity index (χ0n) is 18.9. The molecule has 2 saturated heterocycles. The highest BCUT2D eigenvalue weighted by atomic mass is 35.5. The first-order valence-corrected chi connectivity index (χ1v) is 11.8. The second-order valence-corrected chi connectivity index (χ2v) is 8.92. The van der Waals surface area contributed by atoms with Crippen LogP contribution in [-0.2, 0) is 0 Å². The van der Waals surface area contributed by atoms with Crippen molar-refractivity contribution >= 4 is 35.1 Å². The Morgan fingerprint density at radius 3 is 2.31 bits per heavy atom. The van der Waals surface area contributed by atoms with Gasteiger partial charge in [0.1, 0.15) is 5.75 Å². The average Bonchev–Trinajstić information content (AvgIpc) is 3.04. The highest BCUT2D eigenvalue weighted by molar-refractivity contribution is 6.32. The number of hydrazine groups is 1. The van der Waals surface area contributed by atoms with Crippen molar-refractivity contribution in [2.45, 2.75) is 44.6 Å².